The molecular weight excluding hydrogens is 444 g/mol. The molecule has 0 aliphatic carbocycles. The SMILES string of the molecule is Cc1ccc(-n2[nH]c(C)c(N=Nc3cc(-c4ccccc4O)ccc3C(C)C(=O)O)c2=O)cc1C. The lowest BCUT2D eigenvalue weighted by Gasteiger charge is -2.12. The number of aromatic nitrogens is 2. The first-order valence-electron chi connectivity index (χ1n) is 11.1. The maximum atomic E-state index is 13.1. The lowest BCUT2D eigenvalue weighted by molar-refractivity contribution is -0.138. The fourth-order valence-corrected chi connectivity index (χ4v) is 3.82. The third-order valence-corrected chi connectivity index (χ3v) is 6.13. The second-order valence-electron chi connectivity index (χ2n) is 8.55. The Balaban J connectivity index is 1.80. The molecule has 0 amide bonds. The van der Waals surface area contributed by atoms with Crippen molar-refractivity contribution in [2.24, 2.45) is 10.2 Å². The Morgan fingerprint density at radius 1 is 0.971 bits per heavy atom. The number of rotatable bonds is 6. The normalized spacial score (nSPS) is 12.2. The highest BCUT2D eigenvalue weighted by atomic mass is 16.4. The molecule has 0 bridgehead atoms. The number of aliphatic carboxylic acids is 1. The zero-order valence-electron chi connectivity index (χ0n) is 19.9. The van der Waals surface area contributed by atoms with E-state index in [0.29, 0.717) is 33.8 Å². The van der Waals surface area contributed by atoms with Gasteiger partial charge in [-0.15, -0.1) is 10.2 Å². The molecule has 1 aromatic heterocycles. The molecule has 3 N–H and O–H groups in total. The fourth-order valence-electron chi connectivity index (χ4n) is 3.82. The Hall–Kier alpha value is -4.46. The summed E-state index contributed by atoms with van der Waals surface area (Å²) in [5.74, 6) is -1.76. The van der Waals surface area contributed by atoms with E-state index in [1.165, 1.54) is 4.68 Å². The monoisotopic (exact) mass is 470 g/mol. The molecule has 0 fully saturated rings. The van der Waals surface area contributed by atoms with E-state index in [1.807, 2.05) is 32.0 Å². The Morgan fingerprint density at radius 2 is 1.71 bits per heavy atom. The topological polar surface area (TPSA) is 120 Å². The van der Waals surface area contributed by atoms with Crippen LogP contribution in [0.25, 0.3) is 16.8 Å². The molecule has 8 heteroatoms. The lowest BCUT2D eigenvalue weighted by Crippen LogP contribution is -2.14. The van der Waals surface area contributed by atoms with Crippen LogP contribution < -0.4 is 5.56 Å². The van der Waals surface area contributed by atoms with Crippen LogP contribution in [0.2, 0.25) is 0 Å². The Bertz CT molecular complexity index is 1510. The van der Waals surface area contributed by atoms with Gasteiger partial charge in [0, 0.05) is 5.56 Å². The summed E-state index contributed by atoms with van der Waals surface area (Å²) in [6.07, 6.45) is 0. The zero-order valence-corrected chi connectivity index (χ0v) is 19.9. The van der Waals surface area contributed by atoms with Crippen molar-refractivity contribution in [1.82, 2.24) is 9.78 Å². The summed E-state index contributed by atoms with van der Waals surface area (Å²) in [7, 11) is 0. The molecule has 4 aromatic rings. The number of aromatic hydroxyl groups is 1. The predicted octanol–water partition coefficient (Wildman–Crippen LogP) is 6.07. The van der Waals surface area contributed by atoms with Gasteiger partial charge in [-0.1, -0.05) is 36.4 Å². The number of H-pyrrole nitrogens is 1. The summed E-state index contributed by atoms with van der Waals surface area (Å²) in [6.45, 7) is 7.26. The maximum Gasteiger partial charge on any atom is 0.310 e. The van der Waals surface area contributed by atoms with Gasteiger partial charge in [0.05, 0.1) is 23.0 Å². The van der Waals surface area contributed by atoms with Gasteiger partial charge in [-0.05, 0) is 74.2 Å². The minimum absolute atomic E-state index is 0.0900. The Morgan fingerprint density at radius 3 is 2.40 bits per heavy atom. The van der Waals surface area contributed by atoms with Crippen LogP contribution in [0.15, 0.2) is 75.7 Å². The number of para-hydroxylation sites is 1. The van der Waals surface area contributed by atoms with Crippen molar-refractivity contribution in [2.75, 3.05) is 0 Å². The minimum atomic E-state index is -1.01. The number of nitrogens with zero attached hydrogens (tertiary/aromatic N) is 3. The van der Waals surface area contributed by atoms with E-state index in [2.05, 4.69) is 15.3 Å². The molecule has 0 radical (unpaired) electrons. The number of hydrogen-bond acceptors (Lipinski definition) is 5. The number of hydrogen-bond donors (Lipinski definition) is 3. The van der Waals surface area contributed by atoms with Gasteiger partial charge < -0.3 is 10.2 Å². The van der Waals surface area contributed by atoms with Gasteiger partial charge in [-0.25, -0.2) is 4.68 Å². The molecular formula is C27H26N4O4. The van der Waals surface area contributed by atoms with Gasteiger partial charge in [-0.3, -0.25) is 14.7 Å². The van der Waals surface area contributed by atoms with Gasteiger partial charge >= 0.3 is 5.97 Å². The van der Waals surface area contributed by atoms with Gasteiger partial charge in [0.15, 0.2) is 5.69 Å². The molecule has 8 nitrogen and oxygen atoms in total. The Kier molecular flexibility index (Phi) is 6.38. The summed E-state index contributed by atoms with van der Waals surface area (Å²) in [6, 6.07) is 17.6. The number of carboxylic acids is 1. The average Bonchev–Trinajstić information content (AvgIpc) is 3.12. The standard InChI is InChI=1S/C27H26N4O4/c1-15-9-11-20(13-16(15)2)31-26(33)25(18(4)30-31)29-28-23-14-19(22-7-5-6-8-24(22)32)10-12-21(23)17(3)27(34)35/h5-14,17,30,32H,1-4H3,(H,34,35). The number of phenols is 1. The number of carbonyl (C=O) groups is 1. The van der Waals surface area contributed by atoms with E-state index in [0.717, 1.165) is 11.1 Å². The highest BCUT2D eigenvalue weighted by Crippen LogP contribution is 2.36. The molecule has 1 unspecified atom stereocenters. The van der Waals surface area contributed by atoms with Crippen molar-refractivity contribution in [3.63, 3.8) is 0 Å². The molecule has 0 saturated heterocycles. The van der Waals surface area contributed by atoms with Crippen LogP contribution in [0.1, 0.15) is 35.2 Å². The Labute approximate surface area is 202 Å². The molecule has 3 aromatic carbocycles. The third kappa shape index (κ3) is 4.63. The van der Waals surface area contributed by atoms with Crippen LogP contribution in [0.4, 0.5) is 11.4 Å². The van der Waals surface area contributed by atoms with Gasteiger partial charge in [0.25, 0.3) is 5.56 Å². The van der Waals surface area contributed by atoms with E-state index in [1.54, 1.807) is 56.3 Å². The van der Waals surface area contributed by atoms with E-state index >= 15 is 0 Å². The quantitative estimate of drug-likeness (QED) is 0.296. The van der Waals surface area contributed by atoms with Gasteiger partial charge in [0.1, 0.15) is 5.75 Å². The fraction of sp³-hybridized carbons (Fsp3) is 0.185. The molecule has 0 aliphatic heterocycles. The number of azo groups is 1. The van der Waals surface area contributed by atoms with E-state index < -0.39 is 11.9 Å². The second kappa shape index (κ2) is 9.42. The predicted molar refractivity (Wildman–Crippen MR) is 134 cm³/mol. The smallest absolute Gasteiger partial charge is 0.310 e. The zero-order chi connectivity index (χ0) is 25.3. The lowest BCUT2D eigenvalue weighted by atomic mass is 9.95. The highest BCUT2D eigenvalue weighted by molar-refractivity contribution is 5.80. The van der Waals surface area contributed by atoms with E-state index in [-0.39, 0.29) is 17.0 Å². The average molecular weight is 471 g/mol. The van der Waals surface area contributed by atoms with E-state index in [4.69, 9.17) is 0 Å². The van der Waals surface area contributed by atoms with Crippen molar-refractivity contribution >= 4 is 17.3 Å². The number of phenolic OH excluding ortho intramolecular Hbond substituents is 1. The molecule has 1 heterocycles. The number of aryl methyl sites for hydroxylation is 3. The van der Waals surface area contributed by atoms with Crippen LogP contribution in [0.3, 0.4) is 0 Å². The number of aromatic amines is 1. The summed E-state index contributed by atoms with van der Waals surface area (Å²) in [5.41, 5.74) is 5.13. The highest BCUT2D eigenvalue weighted by Gasteiger charge is 2.20. The first-order valence-corrected chi connectivity index (χ1v) is 11.1. The molecule has 4 rings (SSSR count). The first kappa shape index (κ1) is 23.7. The third-order valence-electron chi connectivity index (χ3n) is 6.13. The molecule has 0 spiro atoms. The van der Waals surface area contributed by atoms with Crippen LogP contribution in [0.5, 0.6) is 5.75 Å². The molecule has 0 saturated carbocycles. The van der Waals surface area contributed by atoms with Crippen LogP contribution in [-0.2, 0) is 4.79 Å². The van der Waals surface area contributed by atoms with Crippen LogP contribution >= 0.6 is 0 Å². The van der Waals surface area contributed by atoms with Gasteiger partial charge in [-0.2, -0.15) is 0 Å². The van der Waals surface area contributed by atoms with Crippen molar-refractivity contribution < 1.29 is 15.0 Å². The van der Waals surface area contributed by atoms with Crippen molar-refractivity contribution in [3.8, 4) is 22.6 Å². The summed E-state index contributed by atoms with van der Waals surface area (Å²) >= 11 is 0. The first-order chi connectivity index (χ1) is 16.7. The second-order valence-corrected chi connectivity index (χ2v) is 8.55. The van der Waals surface area contributed by atoms with Crippen molar-refractivity contribution in [1.29, 1.82) is 0 Å². The summed E-state index contributed by atoms with van der Waals surface area (Å²) < 4.78 is 1.41. The molecule has 0 aliphatic rings. The van der Waals surface area contributed by atoms with E-state index in [9.17, 15) is 19.8 Å². The van der Waals surface area contributed by atoms with Gasteiger partial charge in [0.2, 0.25) is 0 Å². The van der Waals surface area contributed by atoms with Crippen molar-refractivity contribution in [2.45, 2.75) is 33.6 Å². The largest absolute Gasteiger partial charge is 0.507 e. The number of nitrogens with one attached hydrogen (secondary N) is 1. The molecule has 35 heavy (non-hydrogen) atoms. The summed E-state index contributed by atoms with van der Waals surface area (Å²) in [5, 5.41) is 31.4. The molecule has 1 atom stereocenters. The summed E-state index contributed by atoms with van der Waals surface area (Å²) in [4.78, 5) is 24.8. The molecule has 178 valence electrons. The van der Waals surface area contributed by atoms with Crippen LogP contribution in [0, 0.1) is 20.8 Å². The van der Waals surface area contributed by atoms with Crippen LogP contribution in [-0.4, -0.2) is 26.0 Å². The number of benzene rings is 3. The minimum Gasteiger partial charge on any atom is -0.507 e. The number of carboxylic acid groups (broad SMARTS) is 1. The van der Waals surface area contributed by atoms with Crippen molar-refractivity contribution in [3.05, 3.63) is 93.4 Å². The maximum absolute atomic E-state index is 13.1.